The fraction of sp³-hybridized carbons (Fsp3) is 0.625. The van der Waals surface area contributed by atoms with Crippen molar-refractivity contribution in [2.24, 2.45) is 5.73 Å². The molecule has 94 valence electrons. The lowest BCUT2D eigenvalue weighted by molar-refractivity contribution is 0.443. The molecule has 0 unspecified atom stereocenters. The Morgan fingerprint density at radius 3 is 2.53 bits per heavy atom. The normalized spacial score (nSPS) is 18.3. The third-order valence-electron chi connectivity index (χ3n) is 3.69. The van der Waals surface area contributed by atoms with E-state index in [0.717, 1.165) is 12.3 Å². The molecule has 17 heavy (non-hydrogen) atoms. The van der Waals surface area contributed by atoms with Gasteiger partial charge in [0, 0.05) is 5.54 Å². The second-order valence-electron chi connectivity index (χ2n) is 6.25. The van der Waals surface area contributed by atoms with Gasteiger partial charge in [0.1, 0.15) is 0 Å². The number of benzene rings is 1. The number of hydrogen-bond acceptors (Lipinski definition) is 1. The molecule has 1 aromatic rings. The van der Waals surface area contributed by atoms with E-state index < -0.39 is 0 Å². The summed E-state index contributed by atoms with van der Waals surface area (Å²) in [7, 11) is 0. The van der Waals surface area contributed by atoms with Crippen LogP contribution in [0.1, 0.15) is 63.0 Å². The van der Waals surface area contributed by atoms with E-state index in [0.29, 0.717) is 0 Å². The van der Waals surface area contributed by atoms with Crippen LogP contribution in [-0.4, -0.2) is 5.54 Å². The van der Waals surface area contributed by atoms with Gasteiger partial charge in [0.15, 0.2) is 0 Å². The largest absolute Gasteiger partial charge is 0.325 e. The van der Waals surface area contributed by atoms with Gasteiger partial charge in [0.25, 0.3) is 0 Å². The van der Waals surface area contributed by atoms with Crippen molar-refractivity contribution in [3.8, 4) is 0 Å². The summed E-state index contributed by atoms with van der Waals surface area (Å²) in [5.41, 5.74) is 8.91. The minimum atomic E-state index is -0.106. The molecule has 0 heterocycles. The van der Waals surface area contributed by atoms with E-state index in [1.165, 1.54) is 43.2 Å². The van der Waals surface area contributed by atoms with Gasteiger partial charge in [-0.3, -0.25) is 0 Å². The molecule has 1 nitrogen and oxygen atoms in total. The molecule has 0 amide bonds. The summed E-state index contributed by atoms with van der Waals surface area (Å²) in [6.07, 6.45) is 7.93. The second kappa shape index (κ2) is 5.22. The predicted octanol–water partition coefficient (Wildman–Crippen LogP) is 4.01. The minimum absolute atomic E-state index is 0.106. The van der Waals surface area contributed by atoms with Crippen LogP contribution in [0.25, 0.3) is 0 Å². The Bertz CT molecular complexity index is 356. The third-order valence-corrected chi connectivity index (χ3v) is 3.69. The molecule has 0 bridgehead atoms. The molecule has 1 aliphatic carbocycles. The molecule has 0 atom stereocenters. The average molecular weight is 231 g/mol. The van der Waals surface area contributed by atoms with Crippen LogP contribution in [-0.2, 0) is 6.42 Å². The van der Waals surface area contributed by atoms with Crippen molar-refractivity contribution in [2.75, 3.05) is 0 Å². The van der Waals surface area contributed by atoms with E-state index in [1.54, 1.807) is 0 Å². The predicted molar refractivity (Wildman–Crippen MR) is 74.2 cm³/mol. The monoisotopic (exact) mass is 231 g/mol. The van der Waals surface area contributed by atoms with E-state index in [9.17, 15) is 0 Å². The fourth-order valence-electron chi connectivity index (χ4n) is 2.92. The van der Waals surface area contributed by atoms with E-state index in [-0.39, 0.29) is 5.54 Å². The fourth-order valence-corrected chi connectivity index (χ4v) is 2.92. The lowest BCUT2D eigenvalue weighted by Gasteiger charge is -2.24. The second-order valence-corrected chi connectivity index (χ2v) is 6.25. The number of hydrogen-bond donors (Lipinski definition) is 1. The molecule has 1 fully saturated rings. The molecule has 1 aromatic carbocycles. The van der Waals surface area contributed by atoms with Crippen molar-refractivity contribution in [1.82, 2.24) is 0 Å². The Morgan fingerprint density at radius 2 is 1.88 bits per heavy atom. The first-order valence-electron chi connectivity index (χ1n) is 6.92. The van der Waals surface area contributed by atoms with Gasteiger partial charge >= 0.3 is 0 Å². The van der Waals surface area contributed by atoms with E-state index >= 15 is 0 Å². The summed E-state index contributed by atoms with van der Waals surface area (Å²) in [4.78, 5) is 0. The first kappa shape index (κ1) is 12.6. The molecule has 0 aromatic heterocycles. The van der Waals surface area contributed by atoms with Crippen LogP contribution in [0.5, 0.6) is 0 Å². The Hall–Kier alpha value is -0.820. The van der Waals surface area contributed by atoms with Gasteiger partial charge in [0.2, 0.25) is 0 Å². The van der Waals surface area contributed by atoms with Gasteiger partial charge in [-0.2, -0.15) is 0 Å². The van der Waals surface area contributed by atoms with Gasteiger partial charge in [-0.1, -0.05) is 43.5 Å². The molecule has 2 N–H and O–H groups in total. The zero-order valence-electron chi connectivity index (χ0n) is 11.2. The first-order valence-corrected chi connectivity index (χ1v) is 6.92. The molecule has 1 saturated carbocycles. The van der Waals surface area contributed by atoms with Gasteiger partial charge in [0.05, 0.1) is 0 Å². The molecule has 0 aliphatic heterocycles. The molecule has 1 aliphatic rings. The van der Waals surface area contributed by atoms with Crippen LogP contribution < -0.4 is 5.73 Å². The number of rotatable bonds is 3. The lowest BCUT2D eigenvalue weighted by Crippen LogP contribution is -2.34. The maximum Gasteiger partial charge on any atom is 0.0138 e. The van der Waals surface area contributed by atoms with E-state index in [1.807, 2.05) is 0 Å². The highest BCUT2D eigenvalue weighted by atomic mass is 14.7. The summed E-state index contributed by atoms with van der Waals surface area (Å²) in [5.74, 6) is 0.796. The van der Waals surface area contributed by atoms with Crippen LogP contribution in [0.3, 0.4) is 0 Å². The smallest absolute Gasteiger partial charge is 0.0138 e. The highest BCUT2D eigenvalue weighted by molar-refractivity contribution is 5.27. The van der Waals surface area contributed by atoms with Crippen molar-refractivity contribution < 1.29 is 0 Å². The third kappa shape index (κ3) is 3.85. The van der Waals surface area contributed by atoms with Crippen LogP contribution in [0.2, 0.25) is 0 Å². The summed E-state index contributed by atoms with van der Waals surface area (Å²) in [5, 5.41) is 0. The summed E-state index contributed by atoms with van der Waals surface area (Å²) >= 11 is 0. The first-order chi connectivity index (χ1) is 8.04. The Balaban J connectivity index is 2.10. The summed E-state index contributed by atoms with van der Waals surface area (Å²) in [6, 6.07) is 9.08. The van der Waals surface area contributed by atoms with Gasteiger partial charge in [-0.15, -0.1) is 0 Å². The van der Waals surface area contributed by atoms with Gasteiger partial charge in [-0.25, -0.2) is 0 Å². The molecule has 0 spiro atoms. The zero-order chi connectivity index (χ0) is 12.3. The van der Waals surface area contributed by atoms with Crippen LogP contribution >= 0.6 is 0 Å². The average Bonchev–Trinajstić information content (AvgIpc) is 2.28. The van der Waals surface area contributed by atoms with Crippen LogP contribution in [0.15, 0.2) is 24.3 Å². The van der Waals surface area contributed by atoms with Gasteiger partial charge < -0.3 is 5.73 Å². The van der Waals surface area contributed by atoms with Crippen LogP contribution in [0.4, 0.5) is 0 Å². The molecule has 1 heteroatoms. The summed E-state index contributed by atoms with van der Waals surface area (Å²) in [6.45, 7) is 4.20. The van der Waals surface area contributed by atoms with Crippen molar-refractivity contribution >= 4 is 0 Å². The minimum Gasteiger partial charge on any atom is -0.325 e. The SMILES string of the molecule is CC(C)(N)Cc1cccc(C2CCCCC2)c1. The zero-order valence-corrected chi connectivity index (χ0v) is 11.2. The van der Waals surface area contributed by atoms with Crippen molar-refractivity contribution in [3.05, 3.63) is 35.4 Å². The Labute approximate surface area is 105 Å². The van der Waals surface area contributed by atoms with Gasteiger partial charge in [-0.05, 0) is 50.2 Å². The maximum absolute atomic E-state index is 6.10. The highest BCUT2D eigenvalue weighted by Crippen LogP contribution is 2.33. The lowest BCUT2D eigenvalue weighted by atomic mass is 9.83. The standard InChI is InChI=1S/C16H25N/c1-16(2,17)12-13-7-6-10-15(11-13)14-8-4-3-5-9-14/h6-7,10-11,14H,3-5,8-9,12,17H2,1-2H3. The van der Waals surface area contributed by atoms with E-state index in [4.69, 9.17) is 5.73 Å². The highest BCUT2D eigenvalue weighted by Gasteiger charge is 2.17. The maximum atomic E-state index is 6.10. The molecular formula is C16H25N. The number of nitrogens with two attached hydrogens (primary N) is 1. The Morgan fingerprint density at radius 1 is 1.18 bits per heavy atom. The molecule has 2 rings (SSSR count). The Kier molecular flexibility index (Phi) is 3.88. The van der Waals surface area contributed by atoms with E-state index in [2.05, 4.69) is 38.1 Å². The van der Waals surface area contributed by atoms with Crippen molar-refractivity contribution in [3.63, 3.8) is 0 Å². The quantitative estimate of drug-likeness (QED) is 0.835. The molecular weight excluding hydrogens is 206 g/mol. The van der Waals surface area contributed by atoms with Crippen LogP contribution in [0, 0.1) is 0 Å². The molecule has 0 radical (unpaired) electrons. The molecule has 0 saturated heterocycles. The topological polar surface area (TPSA) is 26.0 Å². The van der Waals surface area contributed by atoms with Crippen molar-refractivity contribution in [2.45, 2.75) is 63.8 Å². The van der Waals surface area contributed by atoms with Crippen molar-refractivity contribution in [1.29, 1.82) is 0 Å². The summed E-state index contributed by atoms with van der Waals surface area (Å²) < 4.78 is 0.